The standard InChI is InChI=1S/C22H38N4O2/c1-4-23-22(24-13-5-6-14-26-15-7-8-16-26)25-17-21(27)19-9-11-20(12-10-19)28-18(2)3/h9-12,18,21,27H,4-8,13-17H2,1-3H3,(H2,23,24,25). The molecule has 0 saturated carbocycles. The summed E-state index contributed by atoms with van der Waals surface area (Å²) in [6.45, 7) is 11.8. The molecule has 1 aromatic carbocycles. The second-order valence-electron chi connectivity index (χ2n) is 7.65. The lowest BCUT2D eigenvalue weighted by atomic mass is 10.1. The number of aliphatic imine (C=N–C) groups is 1. The molecule has 0 spiro atoms. The Morgan fingerprint density at radius 1 is 1.14 bits per heavy atom. The first-order chi connectivity index (χ1) is 13.6. The van der Waals surface area contributed by atoms with Gasteiger partial charge in [-0.1, -0.05) is 12.1 Å². The largest absolute Gasteiger partial charge is 0.491 e. The Balaban J connectivity index is 1.73. The van der Waals surface area contributed by atoms with Crippen molar-refractivity contribution in [1.82, 2.24) is 15.5 Å². The number of benzene rings is 1. The Morgan fingerprint density at radius 3 is 2.50 bits per heavy atom. The van der Waals surface area contributed by atoms with Crippen molar-refractivity contribution in [3.8, 4) is 5.75 Å². The van der Waals surface area contributed by atoms with Gasteiger partial charge in [-0.15, -0.1) is 0 Å². The molecule has 0 radical (unpaired) electrons. The average Bonchev–Trinajstić information content (AvgIpc) is 3.19. The Hall–Kier alpha value is -1.79. The first-order valence-corrected chi connectivity index (χ1v) is 10.8. The van der Waals surface area contributed by atoms with E-state index in [-0.39, 0.29) is 6.10 Å². The number of unbranched alkanes of at least 4 members (excludes halogenated alkanes) is 1. The van der Waals surface area contributed by atoms with E-state index < -0.39 is 6.10 Å². The second kappa shape index (κ2) is 12.6. The number of aliphatic hydroxyl groups excluding tert-OH is 1. The van der Waals surface area contributed by atoms with Crippen LogP contribution in [0.4, 0.5) is 0 Å². The van der Waals surface area contributed by atoms with Gasteiger partial charge in [-0.2, -0.15) is 0 Å². The summed E-state index contributed by atoms with van der Waals surface area (Å²) >= 11 is 0. The summed E-state index contributed by atoms with van der Waals surface area (Å²) < 4.78 is 5.64. The van der Waals surface area contributed by atoms with Crippen molar-refractivity contribution < 1.29 is 9.84 Å². The second-order valence-corrected chi connectivity index (χ2v) is 7.65. The molecule has 6 nitrogen and oxygen atoms in total. The molecule has 1 aliphatic rings. The maximum atomic E-state index is 10.4. The number of ether oxygens (including phenoxy) is 1. The highest BCUT2D eigenvalue weighted by Gasteiger charge is 2.10. The summed E-state index contributed by atoms with van der Waals surface area (Å²) in [4.78, 5) is 7.09. The Morgan fingerprint density at radius 2 is 1.86 bits per heavy atom. The van der Waals surface area contributed by atoms with E-state index in [4.69, 9.17) is 4.74 Å². The van der Waals surface area contributed by atoms with E-state index in [2.05, 4.69) is 27.4 Å². The third-order valence-electron chi connectivity index (χ3n) is 4.80. The zero-order valence-corrected chi connectivity index (χ0v) is 17.8. The lowest BCUT2D eigenvalue weighted by molar-refractivity contribution is 0.186. The number of guanidine groups is 1. The summed E-state index contributed by atoms with van der Waals surface area (Å²) in [5.41, 5.74) is 0.848. The Kier molecular flexibility index (Phi) is 10.1. The highest BCUT2D eigenvalue weighted by Crippen LogP contribution is 2.19. The molecule has 1 atom stereocenters. The number of hydrogen-bond acceptors (Lipinski definition) is 4. The van der Waals surface area contributed by atoms with Crippen LogP contribution in [0.25, 0.3) is 0 Å². The van der Waals surface area contributed by atoms with Crippen LogP contribution in [0.3, 0.4) is 0 Å². The van der Waals surface area contributed by atoms with Crippen LogP contribution >= 0.6 is 0 Å². The molecule has 1 saturated heterocycles. The van der Waals surface area contributed by atoms with E-state index in [1.54, 1.807) is 0 Å². The summed E-state index contributed by atoms with van der Waals surface area (Å²) in [7, 11) is 0. The minimum atomic E-state index is -0.626. The molecule has 3 N–H and O–H groups in total. The van der Waals surface area contributed by atoms with Gasteiger partial charge in [0, 0.05) is 13.1 Å². The highest BCUT2D eigenvalue weighted by atomic mass is 16.5. The van der Waals surface area contributed by atoms with Crippen molar-refractivity contribution in [2.45, 2.75) is 58.7 Å². The van der Waals surface area contributed by atoms with Gasteiger partial charge < -0.3 is 25.4 Å². The Bertz CT molecular complexity index is 568. The molecule has 1 fully saturated rings. The number of rotatable bonds is 11. The molecule has 0 aliphatic carbocycles. The molecule has 2 rings (SSSR count). The van der Waals surface area contributed by atoms with Gasteiger partial charge in [-0.05, 0) is 83.8 Å². The van der Waals surface area contributed by atoms with Gasteiger partial charge >= 0.3 is 0 Å². The third-order valence-corrected chi connectivity index (χ3v) is 4.80. The van der Waals surface area contributed by atoms with Gasteiger partial charge in [-0.25, -0.2) is 0 Å². The van der Waals surface area contributed by atoms with E-state index in [9.17, 15) is 5.11 Å². The van der Waals surface area contributed by atoms with Crippen LogP contribution in [0.5, 0.6) is 5.75 Å². The monoisotopic (exact) mass is 390 g/mol. The molecule has 158 valence electrons. The van der Waals surface area contributed by atoms with Crippen molar-refractivity contribution in [2.24, 2.45) is 4.99 Å². The fraction of sp³-hybridized carbons (Fsp3) is 0.682. The summed E-state index contributed by atoms with van der Waals surface area (Å²) in [6, 6.07) is 7.59. The smallest absolute Gasteiger partial charge is 0.191 e. The molecule has 0 amide bonds. The van der Waals surface area contributed by atoms with Crippen LogP contribution in [0.15, 0.2) is 29.3 Å². The van der Waals surface area contributed by atoms with Gasteiger partial charge in [-0.3, -0.25) is 4.99 Å². The van der Waals surface area contributed by atoms with Gasteiger partial charge in [0.2, 0.25) is 0 Å². The van der Waals surface area contributed by atoms with E-state index in [0.717, 1.165) is 36.8 Å². The zero-order chi connectivity index (χ0) is 20.2. The fourth-order valence-electron chi connectivity index (χ4n) is 3.34. The van der Waals surface area contributed by atoms with Crippen LogP contribution in [0.1, 0.15) is 58.1 Å². The minimum absolute atomic E-state index is 0.143. The quantitative estimate of drug-likeness (QED) is 0.308. The van der Waals surface area contributed by atoms with Crippen molar-refractivity contribution in [1.29, 1.82) is 0 Å². The molecule has 1 unspecified atom stereocenters. The number of aliphatic hydroxyl groups is 1. The highest BCUT2D eigenvalue weighted by molar-refractivity contribution is 5.79. The predicted molar refractivity (Wildman–Crippen MR) is 116 cm³/mol. The zero-order valence-electron chi connectivity index (χ0n) is 17.8. The maximum Gasteiger partial charge on any atom is 0.191 e. The molecule has 6 heteroatoms. The van der Waals surface area contributed by atoms with Gasteiger partial charge in [0.05, 0.1) is 18.8 Å². The molecule has 1 aliphatic heterocycles. The number of nitrogens with one attached hydrogen (secondary N) is 2. The predicted octanol–water partition coefficient (Wildman–Crippen LogP) is 2.94. The van der Waals surface area contributed by atoms with Crippen LogP contribution in [0, 0.1) is 0 Å². The van der Waals surface area contributed by atoms with Crippen LogP contribution in [0.2, 0.25) is 0 Å². The van der Waals surface area contributed by atoms with Crippen LogP contribution in [-0.2, 0) is 0 Å². The molecule has 0 aromatic heterocycles. The molecular weight excluding hydrogens is 352 g/mol. The topological polar surface area (TPSA) is 69.1 Å². The van der Waals surface area contributed by atoms with Crippen LogP contribution < -0.4 is 15.4 Å². The molecular formula is C22H38N4O2. The van der Waals surface area contributed by atoms with E-state index in [1.807, 2.05) is 38.1 Å². The Labute approximate surface area is 170 Å². The molecule has 0 bridgehead atoms. The van der Waals surface area contributed by atoms with E-state index >= 15 is 0 Å². The molecule has 1 aromatic rings. The van der Waals surface area contributed by atoms with Crippen LogP contribution in [-0.4, -0.2) is 61.3 Å². The van der Waals surface area contributed by atoms with E-state index in [1.165, 1.54) is 38.9 Å². The summed E-state index contributed by atoms with van der Waals surface area (Å²) in [5.74, 6) is 1.58. The number of likely N-dealkylation sites (tertiary alicyclic amines) is 1. The van der Waals surface area contributed by atoms with Gasteiger partial charge in [0.1, 0.15) is 5.75 Å². The summed E-state index contributed by atoms with van der Waals surface area (Å²) in [5, 5.41) is 17.1. The SMILES string of the molecule is CCNC(=NCC(O)c1ccc(OC(C)C)cc1)NCCCCN1CCCC1. The first-order valence-electron chi connectivity index (χ1n) is 10.8. The number of hydrogen-bond donors (Lipinski definition) is 3. The number of nitrogens with zero attached hydrogens (tertiary/aromatic N) is 2. The fourth-order valence-corrected chi connectivity index (χ4v) is 3.34. The van der Waals surface area contributed by atoms with E-state index in [0.29, 0.717) is 6.54 Å². The lowest BCUT2D eigenvalue weighted by Crippen LogP contribution is -2.38. The lowest BCUT2D eigenvalue weighted by Gasteiger charge is -2.16. The van der Waals surface area contributed by atoms with Crippen molar-refractivity contribution in [3.63, 3.8) is 0 Å². The molecule has 28 heavy (non-hydrogen) atoms. The third kappa shape index (κ3) is 8.48. The van der Waals surface area contributed by atoms with Gasteiger partial charge in [0.15, 0.2) is 5.96 Å². The first kappa shape index (κ1) is 22.5. The maximum absolute atomic E-state index is 10.4. The van der Waals surface area contributed by atoms with Crippen molar-refractivity contribution >= 4 is 5.96 Å². The summed E-state index contributed by atoms with van der Waals surface area (Å²) in [6.07, 6.45) is 4.56. The minimum Gasteiger partial charge on any atom is -0.491 e. The normalized spacial score (nSPS) is 16.4. The van der Waals surface area contributed by atoms with Crippen molar-refractivity contribution in [3.05, 3.63) is 29.8 Å². The average molecular weight is 391 g/mol. The molecule has 1 heterocycles. The van der Waals surface area contributed by atoms with Gasteiger partial charge in [0.25, 0.3) is 0 Å². The van der Waals surface area contributed by atoms with Crippen molar-refractivity contribution in [2.75, 3.05) is 39.3 Å².